The molecule has 26 heavy (non-hydrogen) atoms. The molecule has 0 heterocycles. The average molecular weight is 429 g/mol. The number of hydrogen-bond donors (Lipinski definition) is 2. The van der Waals surface area contributed by atoms with Crippen LogP contribution in [-0.4, -0.2) is 23.5 Å². The second-order valence-electron chi connectivity index (χ2n) is 5.86. The molecule has 2 aromatic carbocycles. The Kier molecular flexibility index (Phi) is 8.85. The molecule has 2 N–H and O–H groups in total. The number of rotatable bonds is 8. The third-order valence-electron chi connectivity index (χ3n) is 3.29. The van der Waals surface area contributed by atoms with Crippen molar-refractivity contribution in [1.29, 1.82) is 0 Å². The zero-order chi connectivity index (χ0) is 18.9. The number of thiocarbonyl (C=S) groups is 1. The van der Waals surface area contributed by atoms with Gasteiger partial charge >= 0.3 is 0 Å². The van der Waals surface area contributed by atoms with Gasteiger partial charge in [-0.1, -0.05) is 29.3 Å². The van der Waals surface area contributed by atoms with Crippen LogP contribution in [0.15, 0.2) is 42.5 Å². The Bertz CT molecular complexity index is 724. The lowest BCUT2D eigenvalue weighted by molar-refractivity contribution is 0.242. The molecule has 0 saturated carbocycles. The third-order valence-corrected chi connectivity index (χ3v) is 5.13. The fraction of sp³-hybridized carbons (Fsp3) is 0.316. The fourth-order valence-corrected chi connectivity index (χ4v) is 3.76. The first-order chi connectivity index (χ1) is 12.4. The van der Waals surface area contributed by atoms with E-state index in [4.69, 9.17) is 40.2 Å². The second kappa shape index (κ2) is 10.9. The Hall–Kier alpha value is -1.14. The largest absolute Gasteiger partial charge is 0.491 e. The Morgan fingerprint density at radius 2 is 1.88 bits per heavy atom. The molecule has 0 atom stereocenters. The first-order valence-electron chi connectivity index (χ1n) is 8.27. The van der Waals surface area contributed by atoms with Crippen LogP contribution in [0.4, 0.5) is 5.69 Å². The molecule has 0 aliphatic rings. The summed E-state index contributed by atoms with van der Waals surface area (Å²) in [5, 5.41) is 8.34. The van der Waals surface area contributed by atoms with Crippen LogP contribution in [0.2, 0.25) is 10.0 Å². The van der Waals surface area contributed by atoms with E-state index in [1.807, 2.05) is 50.2 Å². The van der Waals surface area contributed by atoms with Gasteiger partial charge in [-0.2, -0.15) is 11.8 Å². The van der Waals surface area contributed by atoms with Gasteiger partial charge in [0.1, 0.15) is 5.75 Å². The van der Waals surface area contributed by atoms with Gasteiger partial charge in [-0.15, -0.1) is 0 Å². The van der Waals surface area contributed by atoms with E-state index in [2.05, 4.69) is 10.6 Å². The van der Waals surface area contributed by atoms with Crippen LogP contribution >= 0.6 is 47.2 Å². The Morgan fingerprint density at radius 1 is 1.15 bits per heavy atom. The van der Waals surface area contributed by atoms with Crippen molar-refractivity contribution in [2.45, 2.75) is 25.7 Å². The lowest BCUT2D eigenvalue weighted by atomic mass is 10.2. The lowest BCUT2D eigenvalue weighted by Crippen LogP contribution is -2.30. The highest BCUT2D eigenvalue weighted by Crippen LogP contribution is 2.24. The SMILES string of the molecule is CC(C)Oc1ccc(NC(=S)NCCSCc2ccc(Cl)cc2Cl)cc1. The minimum atomic E-state index is 0.164. The van der Waals surface area contributed by atoms with Crippen molar-refractivity contribution in [3.63, 3.8) is 0 Å². The summed E-state index contributed by atoms with van der Waals surface area (Å²) >= 11 is 19.2. The highest BCUT2D eigenvalue weighted by atomic mass is 35.5. The van der Waals surface area contributed by atoms with Crippen molar-refractivity contribution in [2.24, 2.45) is 0 Å². The van der Waals surface area contributed by atoms with Gasteiger partial charge in [0.15, 0.2) is 5.11 Å². The molecule has 0 amide bonds. The van der Waals surface area contributed by atoms with E-state index in [0.29, 0.717) is 15.2 Å². The highest BCUT2D eigenvalue weighted by Gasteiger charge is 2.03. The molecular formula is C19H22Cl2N2OS2. The predicted molar refractivity (Wildman–Crippen MR) is 119 cm³/mol. The number of halogens is 2. The second-order valence-corrected chi connectivity index (χ2v) is 8.22. The summed E-state index contributed by atoms with van der Waals surface area (Å²) in [6.45, 7) is 4.78. The Morgan fingerprint density at radius 3 is 2.54 bits per heavy atom. The summed E-state index contributed by atoms with van der Waals surface area (Å²) in [4.78, 5) is 0. The van der Waals surface area contributed by atoms with Crippen molar-refractivity contribution in [1.82, 2.24) is 5.32 Å². The van der Waals surface area contributed by atoms with Gasteiger partial charge in [-0.25, -0.2) is 0 Å². The van der Waals surface area contributed by atoms with Gasteiger partial charge in [0.05, 0.1) is 6.10 Å². The Labute approximate surface area is 174 Å². The topological polar surface area (TPSA) is 33.3 Å². The maximum absolute atomic E-state index is 6.17. The van der Waals surface area contributed by atoms with Gasteiger partial charge in [0, 0.05) is 33.8 Å². The van der Waals surface area contributed by atoms with Gasteiger partial charge < -0.3 is 15.4 Å². The molecule has 0 spiro atoms. The number of benzene rings is 2. The normalized spacial score (nSPS) is 10.7. The number of anilines is 1. The molecule has 0 aliphatic carbocycles. The molecular weight excluding hydrogens is 407 g/mol. The van der Waals surface area contributed by atoms with E-state index >= 15 is 0 Å². The van der Waals surface area contributed by atoms with E-state index in [1.165, 1.54) is 0 Å². The van der Waals surface area contributed by atoms with Crippen molar-refractivity contribution in [3.05, 3.63) is 58.1 Å². The van der Waals surface area contributed by atoms with Crippen LogP contribution < -0.4 is 15.4 Å². The molecule has 0 unspecified atom stereocenters. The van der Waals surface area contributed by atoms with Gasteiger partial charge in [0.25, 0.3) is 0 Å². The van der Waals surface area contributed by atoms with E-state index in [1.54, 1.807) is 17.8 Å². The average Bonchev–Trinajstić information content (AvgIpc) is 2.57. The molecule has 2 rings (SSSR count). The third kappa shape index (κ3) is 7.62. The standard InChI is InChI=1S/C19H22Cl2N2OS2/c1-13(2)24-17-7-5-16(6-8-17)23-19(25)22-9-10-26-12-14-3-4-15(20)11-18(14)21/h3-8,11,13H,9-10,12H2,1-2H3,(H2,22,23,25). The summed E-state index contributed by atoms with van der Waals surface area (Å²) in [7, 11) is 0. The molecule has 2 aromatic rings. The number of ether oxygens (including phenoxy) is 1. The molecule has 0 saturated heterocycles. The van der Waals surface area contributed by atoms with Crippen LogP contribution in [0.25, 0.3) is 0 Å². The molecule has 0 fully saturated rings. The smallest absolute Gasteiger partial charge is 0.170 e. The quantitative estimate of drug-likeness (QED) is 0.397. The number of hydrogen-bond acceptors (Lipinski definition) is 3. The van der Waals surface area contributed by atoms with Crippen molar-refractivity contribution in [2.75, 3.05) is 17.6 Å². The van der Waals surface area contributed by atoms with Gasteiger partial charge in [-0.3, -0.25) is 0 Å². The van der Waals surface area contributed by atoms with E-state index in [-0.39, 0.29) is 6.10 Å². The molecule has 140 valence electrons. The summed E-state index contributed by atoms with van der Waals surface area (Å²) in [5.74, 6) is 2.61. The zero-order valence-electron chi connectivity index (χ0n) is 14.7. The summed E-state index contributed by atoms with van der Waals surface area (Å²) in [6, 6.07) is 13.3. The van der Waals surface area contributed by atoms with Gasteiger partial charge in [-0.05, 0) is 68.0 Å². The minimum absolute atomic E-state index is 0.164. The maximum atomic E-state index is 6.17. The monoisotopic (exact) mass is 428 g/mol. The Balaban J connectivity index is 1.65. The van der Waals surface area contributed by atoms with Crippen LogP contribution in [-0.2, 0) is 5.75 Å². The van der Waals surface area contributed by atoms with E-state index < -0.39 is 0 Å². The van der Waals surface area contributed by atoms with Crippen molar-refractivity contribution in [3.8, 4) is 5.75 Å². The summed E-state index contributed by atoms with van der Waals surface area (Å²) in [5.41, 5.74) is 2.02. The maximum Gasteiger partial charge on any atom is 0.170 e. The summed E-state index contributed by atoms with van der Waals surface area (Å²) in [6.07, 6.45) is 0.164. The van der Waals surface area contributed by atoms with Crippen LogP contribution in [0.5, 0.6) is 5.75 Å². The van der Waals surface area contributed by atoms with E-state index in [9.17, 15) is 0 Å². The minimum Gasteiger partial charge on any atom is -0.491 e. The fourth-order valence-electron chi connectivity index (χ4n) is 2.12. The first kappa shape index (κ1) is 21.2. The highest BCUT2D eigenvalue weighted by molar-refractivity contribution is 7.98. The van der Waals surface area contributed by atoms with E-state index in [0.717, 1.165) is 35.1 Å². The van der Waals surface area contributed by atoms with Crippen LogP contribution in [0.1, 0.15) is 19.4 Å². The van der Waals surface area contributed by atoms with Crippen molar-refractivity contribution < 1.29 is 4.74 Å². The molecule has 0 radical (unpaired) electrons. The molecule has 0 bridgehead atoms. The molecule has 0 aromatic heterocycles. The zero-order valence-corrected chi connectivity index (χ0v) is 17.9. The number of nitrogens with one attached hydrogen (secondary N) is 2. The predicted octanol–water partition coefficient (Wildman–Crippen LogP) is 6.00. The molecule has 3 nitrogen and oxygen atoms in total. The lowest BCUT2D eigenvalue weighted by Gasteiger charge is -2.12. The van der Waals surface area contributed by atoms with Crippen LogP contribution in [0.3, 0.4) is 0 Å². The summed E-state index contributed by atoms with van der Waals surface area (Å²) < 4.78 is 5.62. The molecule has 7 heteroatoms. The van der Waals surface area contributed by atoms with Crippen LogP contribution in [0, 0.1) is 0 Å². The number of thioether (sulfide) groups is 1. The first-order valence-corrected chi connectivity index (χ1v) is 10.6. The molecule has 0 aliphatic heterocycles. The van der Waals surface area contributed by atoms with Crippen molar-refractivity contribution >= 4 is 58.0 Å². The van der Waals surface area contributed by atoms with Gasteiger partial charge in [0.2, 0.25) is 0 Å².